The number of halogens is 2. The smallest absolute Gasteiger partial charge is 0.274 e. The summed E-state index contributed by atoms with van der Waals surface area (Å²) in [6.45, 7) is 2.88. The monoisotopic (exact) mass is 408 g/mol. The first-order chi connectivity index (χ1) is 13.0. The number of nitrogens with zero attached hydrogens (tertiary/aromatic N) is 1. The third-order valence-corrected chi connectivity index (χ3v) is 6.92. The standard InChI is InChI=1S/C18H18F2N4O3S/c1-10-16(21)24-18(2,9-28(10,26)27)13-7-12(4-5-14(13)20)23-17(25)15-6-3-11(19)8-22-15/h3-8,10H,9H2,1-2H3,(H2,21,24)(H,23,25)/t10-,18-/m0/s1. The minimum Gasteiger partial charge on any atom is -0.363 e. The first-order valence-corrected chi connectivity index (χ1v) is 10.0. The molecular weight excluding hydrogens is 390 g/mol. The van der Waals surface area contributed by atoms with Gasteiger partial charge in [0.1, 0.15) is 28.4 Å². The molecule has 10 heteroatoms. The summed E-state index contributed by atoms with van der Waals surface area (Å²) in [6.07, 6.45) is 0.898. The maximum Gasteiger partial charge on any atom is 0.274 e. The van der Waals surface area contributed by atoms with Crippen molar-refractivity contribution in [3.8, 4) is 0 Å². The number of hydrogen-bond donors (Lipinski definition) is 3. The van der Waals surface area contributed by atoms with Gasteiger partial charge in [0.15, 0.2) is 9.84 Å². The lowest BCUT2D eigenvalue weighted by molar-refractivity contribution is 0.102. The number of carbonyl (C=O) groups excluding carboxylic acids is 1. The molecule has 0 unspecified atom stereocenters. The van der Waals surface area contributed by atoms with Crippen molar-refractivity contribution in [2.45, 2.75) is 24.6 Å². The van der Waals surface area contributed by atoms with Gasteiger partial charge in [0.05, 0.1) is 17.5 Å². The van der Waals surface area contributed by atoms with Crippen LogP contribution in [0.4, 0.5) is 14.5 Å². The third-order valence-electron chi connectivity index (χ3n) is 4.62. The van der Waals surface area contributed by atoms with Gasteiger partial charge in [-0.2, -0.15) is 0 Å². The van der Waals surface area contributed by atoms with E-state index in [9.17, 15) is 22.0 Å². The summed E-state index contributed by atoms with van der Waals surface area (Å²) in [4.78, 5) is 15.9. The molecule has 2 atom stereocenters. The molecule has 0 aliphatic carbocycles. The Balaban J connectivity index is 1.92. The van der Waals surface area contributed by atoms with Crippen molar-refractivity contribution < 1.29 is 22.0 Å². The number of pyridine rings is 1. The number of sulfone groups is 1. The van der Waals surface area contributed by atoms with E-state index in [1.165, 1.54) is 32.0 Å². The van der Waals surface area contributed by atoms with Crippen LogP contribution in [0.25, 0.3) is 0 Å². The van der Waals surface area contributed by atoms with Crippen LogP contribution < -0.4 is 10.6 Å². The van der Waals surface area contributed by atoms with Gasteiger partial charge < -0.3 is 10.6 Å². The largest absolute Gasteiger partial charge is 0.363 e. The van der Waals surface area contributed by atoms with Crippen molar-refractivity contribution in [3.63, 3.8) is 0 Å². The quantitative estimate of drug-likeness (QED) is 0.721. The van der Waals surface area contributed by atoms with E-state index in [1.807, 2.05) is 0 Å². The van der Waals surface area contributed by atoms with E-state index in [2.05, 4.69) is 15.6 Å². The summed E-state index contributed by atoms with van der Waals surface area (Å²) >= 11 is 0. The summed E-state index contributed by atoms with van der Waals surface area (Å²) in [5.41, 5.74) is -1.20. The molecule has 2 aromatic rings. The second-order valence-corrected chi connectivity index (χ2v) is 9.15. The minimum atomic E-state index is -3.65. The maximum atomic E-state index is 14.5. The van der Waals surface area contributed by atoms with Crippen molar-refractivity contribution in [1.29, 1.82) is 5.41 Å². The topological polar surface area (TPSA) is 112 Å². The molecule has 1 aromatic carbocycles. The lowest BCUT2D eigenvalue weighted by Crippen LogP contribution is -2.59. The number of benzene rings is 1. The number of aromatic nitrogens is 1. The predicted molar refractivity (Wildman–Crippen MR) is 100 cm³/mol. The van der Waals surface area contributed by atoms with Crippen LogP contribution in [0.2, 0.25) is 0 Å². The average molecular weight is 408 g/mol. The molecule has 0 saturated carbocycles. The average Bonchev–Trinajstić information content (AvgIpc) is 2.61. The van der Waals surface area contributed by atoms with E-state index in [0.29, 0.717) is 0 Å². The second-order valence-electron chi connectivity index (χ2n) is 6.83. The van der Waals surface area contributed by atoms with Crippen molar-refractivity contribution in [2.75, 3.05) is 11.1 Å². The van der Waals surface area contributed by atoms with Gasteiger partial charge in [-0.15, -0.1) is 0 Å². The Morgan fingerprint density at radius 3 is 2.64 bits per heavy atom. The highest BCUT2D eigenvalue weighted by atomic mass is 32.2. The van der Waals surface area contributed by atoms with E-state index in [1.54, 1.807) is 0 Å². The van der Waals surface area contributed by atoms with Crippen molar-refractivity contribution in [3.05, 3.63) is 59.4 Å². The van der Waals surface area contributed by atoms with Crippen LogP contribution in [-0.4, -0.2) is 36.1 Å². The normalized spacial score (nSPS) is 23.7. The molecule has 28 heavy (non-hydrogen) atoms. The Kier molecular flexibility index (Phi) is 4.92. The molecule has 0 spiro atoms. The Labute approximate surface area is 160 Å². The molecule has 1 saturated heterocycles. The highest BCUT2D eigenvalue weighted by Gasteiger charge is 2.44. The van der Waals surface area contributed by atoms with Crippen molar-refractivity contribution >= 4 is 27.3 Å². The fraction of sp³-hybridized carbons (Fsp3) is 0.278. The van der Waals surface area contributed by atoms with E-state index >= 15 is 0 Å². The summed E-state index contributed by atoms with van der Waals surface area (Å²) in [6, 6.07) is 6.01. The molecule has 3 rings (SSSR count). The van der Waals surface area contributed by atoms with Gasteiger partial charge in [0.25, 0.3) is 5.91 Å². The Morgan fingerprint density at radius 1 is 1.32 bits per heavy atom. The van der Waals surface area contributed by atoms with Crippen LogP contribution in [0.1, 0.15) is 29.9 Å². The zero-order valence-electron chi connectivity index (χ0n) is 15.1. The molecule has 7 nitrogen and oxygen atoms in total. The van der Waals surface area contributed by atoms with Crippen LogP contribution >= 0.6 is 0 Å². The maximum absolute atomic E-state index is 14.5. The summed E-state index contributed by atoms with van der Waals surface area (Å²) in [5.74, 6) is -2.52. The lowest BCUT2D eigenvalue weighted by atomic mass is 9.92. The van der Waals surface area contributed by atoms with Crippen LogP contribution in [0.15, 0.2) is 36.5 Å². The number of anilines is 1. The van der Waals surface area contributed by atoms with Crippen molar-refractivity contribution in [2.24, 2.45) is 0 Å². The molecule has 0 radical (unpaired) electrons. The summed E-state index contributed by atoms with van der Waals surface area (Å²) in [7, 11) is -3.65. The molecule has 1 aliphatic heterocycles. The van der Waals surface area contributed by atoms with Gasteiger partial charge in [-0.05, 0) is 44.2 Å². The van der Waals surface area contributed by atoms with E-state index < -0.39 is 43.9 Å². The van der Waals surface area contributed by atoms with Gasteiger partial charge in [0.2, 0.25) is 0 Å². The minimum absolute atomic E-state index is 0.00223. The zero-order valence-corrected chi connectivity index (χ0v) is 15.9. The van der Waals surface area contributed by atoms with Crippen LogP contribution in [0.5, 0.6) is 0 Å². The number of amidine groups is 1. The van der Waals surface area contributed by atoms with Crippen molar-refractivity contribution in [1.82, 2.24) is 10.3 Å². The van der Waals surface area contributed by atoms with E-state index in [4.69, 9.17) is 5.41 Å². The number of nitrogens with one attached hydrogen (secondary N) is 3. The molecule has 1 fully saturated rings. The zero-order chi connectivity index (χ0) is 20.7. The van der Waals surface area contributed by atoms with Gasteiger partial charge in [-0.1, -0.05) is 0 Å². The van der Waals surface area contributed by atoms with Crippen LogP contribution in [0, 0.1) is 17.0 Å². The molecular formula is C18H18F2N4O3S. The molecule has 1 aromatic heterocycles. The Bertz CT molecular complexity index is 1060. The number of amides is 1. The molecule has 3 N–H and O–H groups in total. The summed E-state index contributed by atoms with van der Waals surface area (Å²) in [5, 5.41) is 12.2. The predicted octanol–water partition coefficient (Wildman–Crippen LogP) is 2.21. The summed E-state index contributed by atoms with van der Waals surface area (Å²) < 4.78 is 52.2. The van der Waals surface area contributed by atoms with Crippen LogP contribution in [-0.2, 0) is 15.4 Å². The third kappa shape index (κ3) is 3.72. The van der Waals surface area contributed by atoms with Gasteiger partial charge in [-0.25, -0.2) is 22.2 Å². The second kappa shape index (κ2) is 6.93. The molecule has 148 valence electrons. The first-order valence-electron chi connectivity index (χ1n) is 8.33. The molecule has 2 heterocycles. The van der Waals surface area contributed by atoms with E-state index in [0.717, 1.165) is 18.3 Å². The number of hydrogen-bond acceptors (Lipinski definition) is 5. The fourth-order valence-electron chi connectivity index (χ4n) is 3.02. The molecule has 1 amide bonds. The Morgan fingerprint density at radius 2 is 2.04 bits per heavy atom. The molecule has 1 aliphatic rings. The lowest BCUT2D eigenvalue weighted by Gasteiger charge is -2.39. The SMILES string of the molecule is C[C@H]1C(=N)N[C@](C)(c2cc(NC(=O)c3ccc(F)cn3)ccc2F)CS1(=O)=O. The van der Waals surface area contributed by atoms with Crippen LogP contribution in [0.3, 0.4) is 0 Å². The van der Waals surface area contributed by atoms with Gasteiger partial charge in [0, 0.05) is 11.3 Å². The van der Waals surface area contributed by atoms with Gasteiger partial charge in [-0.3, -0.25) is 10.2 Å². The highest BCUT2D eigenvalue weighted by molar-refractivity contribution is 7.92. The number of carbonyl (C=O) groups is 1. The molecule has 0 bridgehead atoms. The van der Waals surface area contributed by atoms with Gasteiger partial charge >= 0.3 is 0 Å². The fourth-order valence-corrected chi connectivity index (χ4v) is 4.72. The first kappa shape index (κ1) is 19.9. The Hall–Kier alpha value is -2.88. The van der Waals surface area contributed by atoms with E-state index in [-0.39, 0.29) is 22.8 Å². The highest BCUT2D eigenvalue weighted by Crippen LogP contribution is 2.32. The number of rotatable bonds is 3.